The van der Waals surface area contributed by atoms with Gasteiger partial charge in [-0.1, -0.05) is 6.92 Å². The molecule has 0 aromatic rings. The molecule has 0 aromatic carbocycles. The standard InChI is InChI=1S/C12H23NOS2/c1-3-16-7-4-10(2)13-11(14)8-12(9-15)5-6-12/h10,15H,3-9H2,1-2H3,(H,13,14). The van der Waals surface area contributed by atoms with Gasteiger partial charge in [0.15, 0.2) is 0 Å². The molecule has 0 spiro atoms. The van der Waals surface area contributed by atoms with Gasteiger partial charge in [0, 0.05) is 12.5 Å². The van der Waals surface area contributed by atoms with Crippen LogP contribution < -0.4 is 5.32 Å². The first kappa shape index (κ1) is 14.2. The zero-order valence-electron chi connectivity index (χ0n) is 10.3. The highest BCUT2D eigenvalue weighted by Gasteiger charge is 2.42. The van der Waals surface area contributed by atoms with Crippen LogP contribution in [-0.4, -0.2) is 29.2 Å². The maximum Gasteiger partial charge on any atom is 0.220 e. The van der Waals surface area contributed by atoms with Crippen LogP contribution in [0.5, 0.6) is 0 Å². The molecular formula is C12H23NOS2. The van der Waals surface area contributed by atoms with E-state index in [-0.39, 0.29) is 11.3 Å². The second-order valence-electron chi connectivity index (χ2n) is 4.79. The van der Waals surface area contributed by atoms with E-state index in [2.05, 4.69) is 31.8 Å². The van der Waals surface area contributed by atoms with Crippen molar-refractivity contribution in [2.75, 3.05) is 17.3 Å². The van der Waals surface area contributed by atoms with Crippen molar-refractivity contribution in [3.63, 3.8) is 0 Å². The fourth-order valence-corrected chi connectivity index (χ4v) is 2.95. The lowest BCUT2D eigenvalue weighted by molar-refractivity contribution is -0.122. The average Bonchev–Trinajstić information content (AvgIpc) is 2.98. The van der Waals surface area contributed by atoms with Crippen molar-refractivity contribution in [3.05, 3.63) is 0 Å². The zero-order valence-corrected chi connectivity index (χ0v) is 12.0. The first-order chi connectivity index (χ1) is 7.62. The van der Waals surface area contributed by atoms with Crippen LogP contribution in [0, 0.1) is 5.41 Å². The normalized spacial score (nSPS) is 19.2. The molecule has 1 aliphatic carbocycles. The summed E-state index contributed by atoms with van der Waals surface area (Å²) in [5.41, 5.74) is 0.241. The maximum atomic E-state index is 11.7. The van der Waals surface area contributed by atoms with E-state index in [0.717, 1.165) is 23.7 Å². The molecule has 2 nitrogen and oxygen atoms in total. The van der Waals surface area contributed by atoms with Gasteiger partial charge < -0.3 is 5.32 Å². The summed E-state index contributed by atoms with van der Waals surface area (Å²) in [7, 11) is 0. The average molecular weight is 261 g/mol. The summed E-state index contributed by atoms with van der Waals surface area (Å²) >= 11 is 6.24. The second-order valence-corrected chi connectivity index (χ2v) is 6.50. The van der Waals surface area contributed by atoms with Gasteiger partial charge in [-0.25, -0.2) is 0 Å². The number of hydrogen-bond donors (Lipinski definition) is 2. The number of hydrogen-bond acceptors (Lipinski definition) is 3. The number of thiol groups is 1. The fourth-order valence-electron chi connectivity index (χ4n) is 1.71. The number of thioether (sulfide) groups is 1. The van der Waals surface area contributed by atoms with Crippen molar-refractivity contribution in [3.8, 4) is 0 Å². The van der Waals surface area contributed by atoms with Crippen LogP contribution in [0.3, 0.4) is 0 Å². The van der Waals surface area contributed by atoms with E-state index in [4.69, 9.17) is 0 Å². The maximum absolute atomic E-state index is 11.7. The van der Waals surface area contributed by atoms with E-state index >= 15 is 0 Å². The summed E-state index contributed by atoms with van der Waals surface area (Å²) in [5, 5.41) is 3.08. The topological polar surface area (TPSA) is 29.1 Å². The Balaban J connectivity index is 2.13. The highest BCUT2D eigenvalue weighted by molar-refractivity contribution is 7.99. The van der Waals surface area contributed by atoms with Crippen molar-refractivity contribution in [2.24, 2.45) is 5.41 Å². The van der Waals surface area contributed by atoms with Crippen molar-refractivity contribution < 1.29 is 4.79 Å². The Morgan fingerprint density at radius 1 is 1.56 bits per heavy atom. The van der Waals surface area contributed by atoms with Crippen LogP contribution in [0.15, 0.2) is 0 Å². The second kappa shape index (κ2) is 6.80. The molecule has 0 heterocycles. The Labute approximate surface area is 109 Å². The lowest BCUT2D eigenvalue weighted by Gasteiger charge is -2.16. The number of carbonyl (C=O) groups excluding carboxylic acids is 1. The van der Waals surface area contributed by atoms with Gasteiger partial charge in [0.2, 0.25) is 5.91 Å². The quantitative estimate of drug-likeness (QED) is 0.520. The lowest BCUT2D eigenvalue weighted by Crippen LogP contribution is -2.34. The van der Waals surface area contributed by atoms with Gasteiger partial charge in [-0.2, -0.15) is 24.4 Å². The minimum atomic E-state index is 0.209. The van der Waals surface area contributed by atoms with Crippen LogP contribution in [0.25, 0.3) is 0 Å². The number of rotatable bonds is 8. The Bertz CT molecular complexity index is 229. The van der Waals surface area contributed by atoms with Crippen LogP contribution in [0.2, 0.25) is 0 Å². The molecule has 94 valence electrons. The van der Waals surface area contributed by atoms with E-state index in [1.807, 2.05) is 11.8 Å². The third kappa shape index (κ3) is 5.00. The molecule has 4 heteroatoms. The SMILES string of the molecule is CCSCCC(C)NC(=O)CC1(CS)CC1. The van der Waals surface area contributed by atoms with Crippen LogP contribution in [0.1, 0.15) is 39.5 Å². The van der Waals surface area contributed by atoms with Crippen LogP contribution in [0.4, 0.5) is 0 Å². The minimum Gasteiger partial charge on any atom is -0.354 e. The Hall–Kier alpha value is 0.170. The first-order valence-electron chi connectivity index (χ1n) is 6.10. The van der Waals surface area contributed by atoms with Crippen molar-refractivity contribution in [1.29, 1.82) is 0 Å². The first-order valence-corrected chi connectivity index (χ1v) is 7.88. The molecule has 1 N–H and O–H groups in total. The molecule has 0 bridgehead atoms. The van der Waals surface area contributed by atoms with E-state index in [1.54, 1.807) is 0 Å². The fraction of sp³-hybridized carbons (Fsp3) is 0.917. The molecule has 1 aliphatic rings. The Morgan fingerprint density at radius 2 is 2.25 bits per heavy atom. The molecule has 0 radical (unpaired) electrons. The minimum absolute atomic E-state index is 0.209. The monoisotopic (exact) mass is 261 g/mol. The van der Waals surface area contributed by atoms with Gasteiger partial charge in [-0.3, -0.25) is 4.79 Å². The lowest BCUT2D eigenvalue weighted by atomic mass is 10.0. The van der Waals surface area contributed by atoms with Crippen LogP contribution >= 0.6 is 24.4 Å². The molecule has 16 heavy (non-hydrogen) atoms. The van der Waals surface area contributed by atoms with E-state index in [9.17, 15) is 4.79 Å². The summed E-state index contributed by atoms with van der Waals surface area (Å²) in [6, 6.07) is 0.308. The molecule has 1 rings (SSSR count). The van der Waals surface area contributed by atoms with Gasteiger partial charge in [0.1, 0.15) is 0 Å². The van der Waals surface area contributed by atoms with Gasteiger partial charge in [-0.15, -0.1) is 0 Å². The predicted molar refractivity (Wildman–Crippen MR) is 75.4 cm³/mol. The molecule has 1 amide bonds. The Kier molecular flexibility index (Phi) is 6.05. The Morgan fingerprint density at radius 3 is 2.75 bits per heavy atom. The molecule has 0 saturated heterocycles. The molecule has 0 aliphatic heterocycles. The molecular weight excluding hydrogens is 238 g/mol. The number of nitrogens with one attached hydrogen (secondary N) is 1. The van der Waals surface area contributed by atoms with E-state index in [0.29, 0.717) is 12.5 Å². The molecule has 1 unspecified atom stereocenters. The molecule has 1 saturated carbocycles. The summed E-state index contributed by atoms with van der Waals surface area (Å²) in [6.07, 6.45) is 4.08. The molecule has 1 fully saturated rings. The van der Waals surface area contributed by atoms with E-state index in [1.165, 1.54) is 12.8 Å². The van der Waals surface area contributed by atoms with Gasteiger partial charge in [0.05, 0.1) is 0 Å². The third-order valence-electron chi connectivity index (χ3n) is 3.13. The van der Waals surface area contributed by atoms with Crippen molar-refractivity contribution >= 4 is 30.3 Å². The highest BCUT2D eigenvalue weighted by Crippen LogP contribution is 2.49. The molecule has 0 aromatic heterocycles. The van der Waals surface area contributed by atoms with Gasteiger partial charge in [-0.05, 0) is 48.9 Å². The molecule has 1 atom stereocenters. The van der Waals surface area contributed by atoms with E-state index < -0.39 is 0 Å². The summed E-state index contributed by atoms with van der Waals surface area (Å²) in [6.45, 7) is 4.26. The number of amides is 1. The number of carbonyl (C=O) groups is 1. The van der Waals surface area contributed by atoms with Crippen molar-refractivity contribution in [2.45, 2.75) is 45.6 Å². The smallest absolute Gasteiger partial charge is 0.220 e. The van der Waals surface area contributed by atoms with Gasteiger partial charge >= 0.3 is 0 Å². The van der Waals surface area contributed by atoms with Crippen LogP contribution in [-0.2, 0) is 4.79 Å². The third-order valence-corrected chi connectivity index (χ3v) is 4.74. The van der Waals surface area contributed by atoms with Gasteiger partial charge in [0.25, 0.3) is 0 Å². The summed E-state index contributed by atoms with van der Waals surface area (Å²) < 4.78 is 0. The largest absolute Gasteiger partial charge is 0.354 e. The highest BCUT2D eigenvalue weighted by atomic mass is 32.2. The zero-order chi connectivity index (χ0) is 12.0. The summed E-state index contributed by atoms with van der Waals surface area (Å²) in [4.78, 5) is 11.7. The van der Waals surface area contributed by atoms with Crippen molar-refractivity contribution in [1.82, 2.24) is 5.32 Å². The summed E-state index contributed by atoms with van der Waals surface area (Å²) in [5.74, 6) is 3.35. The predicted octanol–water partition coefficient (Wildman–Crippen LogP) is 2.73.